The Bertz CT molecular complexity index is 660. The van der Waals surface area contributed by atoms with Crippen LogP contribution in [-0.2, 0) is 16.6 Å². The van der Waals surface area contributed by atoms with Crippen molar-refractivity contribution in [1.82, 2.24) is 14.9 Å². The zero-order valence-corrected chi connectivity index (χ0v) is 13.0. The highest BCUT2D eigenvalue weighted by Gasteiger charge is 2.15. The highest BCUT2D eigenvalue weighted by Crippen LogP contribution is 2.23. The van der Waals surface area contributed by atoms with Crippen molar-refractivity contribution in [3.63, 3.8) is 0 Å². The Kier molecular flexibility index (Phi) is 4.74. The second-order valence-corrected chi connectivity index (χ2v) is 5.53. The van der Waals surface area contributed by atoms with Crippen molar-refractivity contribution in [3.8, 4) is 11.3 Å². The molecular weight excluding hydrogens is 290 g/mol. The van der Waals surface area contributed by atoms with Crippen molar-refractivity contribution < 1.29 is 14.3 Å². The molecule has 7 heteroatoms. The molecule has 0 aromatic carbocycles. The lowest BCUT2D eigenvalue weighted by molar-refractivity contribution is -0.141. The number of hydrogen-bond donors (Lipinski definition) is 1. The fraction of sp³-hybridized carbons (Fsp3) is 0.357. The molecule has 1 amide bonds. The third-order valence-corrected chi connectivity index (χ3v) is 3.62. The molecular formula is C14H17N3O3S. The van der Waals surface area contributed by atoms with Gasteiger partial charge in [0.2, 0.25) is 0 Å². The summed E-state index contributed by atoms with van der Waals surface area (Å²) in [5.74, 6) is -0.765. The lowest BCUT2D eigenvalue weighted by atomic mass is 10.2. The Morgan fingerprint density at radius 2 is 2.24 bits per heavy atom. The molecule has 0 aliphatic heterocycles. The maximum Gasteiger partial charge on any atom is 0.325 e. The predicted molar refractivity (Wildman–Crippen MR) is 80.2 cm³/mol. The van der Waals surface area contributed by atoms with E-state index in [0.717, 1.165) is 16.3 Å². The molecule has 6 nitrogen and oxygen atoms in total. The molecule has 0 radical (unpaired) electrons. The minimum Gasteiger partial charge on any atom is -0.465 e. The minimum absolute atomic E-state index is 0.136. The first-order chi connectivity index (χ1) is 10.0. The molecule has 0 atom stereocenters. The number of aryl methyl sites for hydroxylation is 2. The SMILES string of the molecule is CCOC(=O)CNC(=O)c1cc(-c2csc(C)n2)cn1C. The second-order valence-electron chi connectivity index (χ2n) is 4.46. The molecule has 2 aromatic rings. The van der Waals surface area contributed by atoms with Gasteiger partial charge in [-0.15, -0.1) is 11.3 Å². The summed E-state index contributed by atoms with van der Waals surface area (Å²) in [6.45, 7) is 3.82. The number of carbonyl (C=O) groups excluding carboxylic acids is 2. The topological polar surface area (TPSA) is 73.2 Å². The highest BCUT2D eigenvalue weighted by molar-refractivity contribution is 7.09. The average molecular weight is 307 g/mol. The van der Waals surface area contributed by atoms with Gasteiger partial charge in [-0.25, -0.2) is 4.98 Å². The van der Waals surface area contributed by atoms with Crippen molar-refractivity contribution in [1.29, 1.82) is 0 Å². The van der Waals surface area contributed by atoms with Gasteiger partial charge in [0.15, 0.2) is 0 Å². The third kappa shape index (κ3) is 3.69. The van der Waals surface area contributed by atoms with Gasteiger partial charge in [0, 0.05) is 24.2 Å². The largest absolute Gasteiger partial charge is 0.465 e. The molecule has 0 fully saturated rings. The molecule has 0 bridgehead atoms. The average Bonchev–Trinajstić information content (AvgIpc) is 3.02. The van der Waals surface area contributed by atoms with Gasteiger partial charge in [-0.3, -0.25) is 9.59 Å². The van der Waals surface area contributed by atoms with Gasteiger partial charge in [-0.2, -0.15) is 0 Å². The summed E-state index contributed by atoms with van der Waals surface area (Å²) in [4.78, 5) is 27.7. The summed E-state index contributed by atoms with van der Waals surface area (Å²) in [7, 11) is 1.78. The summed E-state index contributed by atoms with van der Waals surface area (Å²) in [5.41, 5.74) is 2.20. The van der Waals surface area contributed by atoms with Crippen LogP contribution in [0, 0.1) is 6.92 Å². The standard InChI is InChI=1S/C14H17N3O3S/c1-4-20-13(18)6-15-14(19)12-5-10(7-17(12)3)11-8-21-9(2)16-11/h5,7-8H,4,6H2,1-3H3,(H,15,19). The molecule has 21 heavy (non-hydrogen) atoms. The Labute approximate surface area is 126 Å². The molecule has 0 saturated heterocycles. The quantitative estimate of drug-likeness (QED) is 0.854. The van der Waals surface area contributed by atoms with Gasteiger partial charge in [0.1, 0.15) is 12.2 Å². The molecule has 0 aliphatic carbocycles. The Morgan fingerprint density at radius 3 is 2.86 bits per heavy atom. The maximum absolute atomic E-state index is 12.1. The first kappa shape index (κ1) is 15.2. The molecule has 2 aromatic heterocycles. The number of esters is 1. The number of aromatic nitrogens is 2. The molecule has 112 valence electrons. The van der Waals surface area contributed by atoms with E-state index in [1.807, 2.05) is 18.5 Å². The number of ether oxygens (including phenoxy) is 1. The molecule has 2 heterocycles. The minimum atomic E-state index is -0.449. The van der Waals surface area contributed by atoms with E-state index in [9.17, 15) is 9.59 Å². The number of rotatable bonds is 5. The van der Waals surface area contributed by atoms with E-state index in [1.54, 1.807) is 35.9 Å². The van der Waals surface area contributed by atoms with E-state index in [4.69, 9.17) is 4.74 Å². The van der Waals surface area contributed by atoms with Crippen LogP contribution < -0.4 is 5.32 Å². The summed E-state index contributed by atoms with van der Waals surface area (Å²) >= 11 is 1.56. The van der Waals surface area contributed by atoms with Gasteiger partial charge in [0.05, 0.1) is 17.3 Å². The fourth-order valence-electron chi connectivity index (χ4n) is 1.88. The van der Waals surface area contributed by atoms with E-state index < -0.39 is 5.97 Å². The van der Waals surface area contributed by atoms with Crippen LogP contribution in [0.15, 0.2) is 17.6 Å². The molecule has 1 N–H and O–H groups in total. The number of thiazole rings is 1. The van der Waals surface area contributed by atoms with Gasteiger partial charge in [0.25, 0.3) is 5.91 Å². The Balaban J connectivity index is 2.08. The monoisotopic (exact) mass is 307 g/mol. The van der Waals surface area contributed by atoms with Crippen LogP contribution in [0.1, 0.15) is 22.4 Å². The molecule has 0 unspecified atom stereocenters. The first-order valence-corrected chi connectivity index (χ1v) is 7.42. The van der Waals surface area contributed by atoms with Crippen molar-refractivity contribution in [2.45, 2.75) is 13.8 Å². The van der Waals surface area contributed by atoms with E-state index in [2.05, 4.69) is 10.3 Å². The van der Waals surface area contributed by atoms with E-state index in [-0.39, 0.29) is 12.5 Å². The highest BCUT2D eigenvalue weighted by atomic mass is 32.1. The van der Waals surface area contributed by atoms with Gasteiger partial charge < -0.3 is 14.6 Å². The van der Waals surface area contributed by atoms with Gasteiger partial charge in [-0.05, 0) is 19.9 Å². The first-order valence-electron chi connectivity index (χ1n) is 6.54. The maximum atomic E-state index is 12.1. The molecule has 2 rings (SSSR count). The van der Waals surface area contributed by atoms with Crippen LogP contribution in [0.4, 0.5) is 0 Å². The van der Waals surface area contributed by atoms with Crippen molar-refractivity contribution in [3.05, 3.63) is 28.3 Å². The van der Waals surface area contributed by atoms with E-state index >= 15 is 0 Å². The van der Waals surface area contributed by atoms with Gasteiger partial charge >= 0.3 is 5.97 Å². The van der Waals surface area contributed by atoms with Crippen molar-refractivity contribution >= 4 is 23.2 Å². The van der Waals surface area contributed by atoms with Crippen LogP contribution in [0.2, 0.25) is 0 Å². The molecule has 0 aliphatic rings. The van der Waals surface area contributed by atoms with Crippen molar-refractivity contribution in [2.75, 3.05) is 13.2 Å². The van der Waals surface area contributed by atoms with Crippen LogP contribution in [0.25, 0.3) is 11.3 Å². The number of nitrogens with one attached hydrogen (secondary N) is 1. The lowest BCUT2D eigenvalue weighted by Gasteiger charge is -2.05. The number of amides is 1. The Morgan fingerprint density at radius 1 is 1.48 bits per heavy atom. The van der Waals surface area contributed by atoms with E-state index in [1.165, 1.54) is 0 Å². The smallest absolute Gasteiger partial charge is 0.325 e. The summed E-state index contributed by atoms with van der Waals surface area (Å²) in [6, 6.07) is 1.76. The summed E-state index contributed by atoms with van der Waals surface area (Å²) in [6.07, 6.45) is 1.84. The molecule has 0 saturated carbocycles. The van der Waals surface area contributed by atoms with E-state index in [0.29, 0.717) is 12.3 Å². The predicted octanol–water partition coefficient (Wildman–Crippen LogP) is 1.75. The zero-order chi connectivity index (χ0) is 15.4. The number of hydrogen-bond acceptors (Lipinski definition) is 5. The summed E-state index contributed by atoms with van der Waals surface area (Å²) in [5, 5.41) is 5.47. The number of carbonyl (C=O) groups is 2. The molecule has 0 spiro atoms. The van der Waals surface area contributed by atoms with Crippen LogP contribution in [0.5, 0.6) is 0 Å². The van der Waals surface area contributed by atoms with Crippen LogP contribution >= 0.6 is 11.3 Å². The fourth-order valence-corrected chi connectivity index (χ4v) is 2.50. The lowest BCUT2D eigenvalue weighted by Crippen LogP contribution is -2.31. The van der Waals surface area contributed by atoms with Crippen LogP contribution in [0.3, 0.4) is 0 Å². The van der Waals surface area contributed by atoms with Gasteiger partial charge in [-0.1, -0.05) is 0 Å². The normalized spacial score (nSPS) is 10.4. The Hall–Kier alpha value is -2.15. The zero-order valence-electron chi connectivity index (χ0n) is 12.2. The second kappa shape index (κ2) is 6.53. The van der Waals surface area contributed by atoms with Crippen LogP contribution in [-0.4, -0.2) is 34.6 Å². The third-order valence-electron chi connectivity index (χ3n) is 2.85. The summed E-state index contributed by atoms with van der Waals surface area (Å²) < 4.78 is 6.48. The number of nitrogens with zero attached hydrogens (tertiary/aromatic N) is 2. The van der Waals surface area contributed by atoms with Crippen molar-refractivity contribution in [2.24, 2.45) is 7.05 Å².